The maximum atomic E-state index is 12.9. The highest BCUT2D eigenvalue weighted by Crippen LogP contribution is 2.37. The number of benzene rings is 1. The first-order chi connectivity index (χ1) is 23.5. The van der Waals surface area contributed by atoms with Crippen molar-refractivity contribution in [2.45, 2.75) is 93.0 Å². The van der Waals surface area contributed by atoms with E-state index in [0.29, 0.717) is 54.1 Å². The van der Waals surface area contributed by atoms with Gasteiger partial charge in [-0.3, -0.25) is 9.59 Å². The zero-order valence-corrected chi connectivity index (χ0v) is 30.4. The molecule has 258 valence electrons. The van der Waals surface area contributed by atoms with E-state index in [4.69, 9.17) is 14.1 Å². The summed E-state index contributed by atoms with van der Waals surface area (Å²) >= 11 is 1.40. The first-order valence-corrected chi connectivity index (χ1v) is 18.5. The van der Waals surface area contributed by atoms with E-state index in [2.05, 4.69) is 33.6 Å². The minimum Gasteiger partial charge on any atom is -0.439 e. The predicted octanol–water partition coefficient (Wildman–Crippen LogP) is 10.0. The summed E-state index contributed by atoms with van der Waals surface area (Å²) in [5.41, 5.74) is 4.64. The molecule has 7 rings (SSSR count). The molecule has 2 aliphatic rings. The molecule has 10 heteroatoms. The summed E-state index contributed by atoms with van der Waals surface area (Å²) in [4.78, 5) is 36.8. The van der Waals surface area contributed by atoms with E-state index in [1.165, 1.54) is 24.2 Å². The summed E-state index contributed by atoms with van der Waals surface area (Å²) in [6.07, 6.45) is 8.85. The Morgan fingerprint density at radius 2 is 1.73 bits per heavy atom. The number of hydrogen-bond donors (Lipinski definition) is 1. The van der Waals surface area contributed by atoms with Gasteiger partial charge in [-0.15, -0.1) is 11.3 Å². The second-order valence-corrected chi connectivity index (χ2v) is 12.3. The lowest BCUT2D eigenvalue weighted by Crippen LogP contribution is -2.36. The molecule has 1 aliphatic carbocycles. The largest absolute Gasteiger partial charge is 0.439 e. The third-order valence-electron chi connectivity index (χ3n) is 8.31. The first-order valence-electron chi connectivity index (χ1n) is 17.6. The van der Waals surface area contributed by atoms with Crippen molar-refractivity contribution in [2.24, 2.45) is 0 Å². The van der Waals surface area contributed by atoms with Gasteiger partial charge in [0.25, 0.3) is 0 Å². The number of fused-ring (bicyclic) bond motifs is 2. The highest BCUT2D eigenvalue weighted by Gasteiger charge is 2.24. The van der Waals surface area contributed by atoms with Gasteiger partial charge < -0.3 is 23.9 Å². The van der Waals surface area contributed by atoms with Crippen LogP contribution in [0.25, 0.3) is 32.4 Å². The van der Waals surface area contributed by atoms with Gasteiger partial charge in [-0.05, 0) is 36.6 Å². The second-order valence-electron chi connectivity index (χ2n) is 11.4. The molecule has 0 bridgehead atoms. The molecule has 0 spiro atoms. The molecular formula is C38H51N5O4S. The Balaban J connectivity index is 0.000000598. The van der Waals surface area contributed by atoms with Gasteiger partial charge in [0.2, 0.25) is 11.4 Å². The van der Waals surface area contributed by atoms with Crippen molar-refractivity contribution in [2.75, 3.05) is 36.5 Å². The Morgan fingerprint density at radius 3 is 2.40 bits per heavy atom. The normalized spacial score (nSPS) is 14.4. The molecule has 5 aromatic rings. The number of Topliss-reactive ketones (excluding diaryl/α,β-unsaturated/α-hetero) is 1. The number of rotatable bonds is 7. The Bertz CT molecular complexity index is 1830. The zero-order chi connectivity index (χ0) is 34.6. The van der Waals surface area contributed by atoms with E-state index in [9.17, 15) is 9.59 Å². The number of nitrogens with zero attached hydrogens (tertiary/aromatic N) is 4. The standard InChI is InChI=1S/C30H29N5O4S.C4H10.2C2H6/c1-18(36)24-14-20-16-31-30(33-29(20)35(24)22-7-2-3-8-22)32-21-6-4-5-19(13-21)23-17-40-28-25(37)15-26(39-27(23)28)34-9-11-38-12-10-34;1-3-4-2;2*1-2/h4-6,13-17,22H,2-3,7-12H2,1H3,(H,31,32,33);3-4H2,1-2H3;2*1-2H3. The first kappa shape index (κ1) is 36.8. The maximum absolute atomic E-state index is 12.9. The van der Waals surface area contributed by atoms with Gasteiger partial charge in [-0.1, -0.05) is 79.4 Å². The zero-order valence-electron chi connectivity index (χ0n) is 29.6. The summed E-state index contributed by atoms with van der Waals surface area (Å²) in [6.45, 7) is 16.6. The third-order valence-corrected chi connectivity index (χ3v) is 9.29. The topological polar surface area (TPSA) is 102 Å². The lowest BCUT2D eigenvalue weighted by atomic mass is 10.1. The van der Waals surface area contributed by atoms with Gasteiger partial charge in [0.15, 0.2) is 17.3 Å². The fourth-order valence-electron chi connectivity index (χ4n) is 5.83. The van der Waals surface area contributed by atoms with Crippen molar-refractivity contribution in [3.8, 4) is 11.1 Å². The van der Waals surface area contributed by atoms with Gasteiger partial charge in [0.1, 0.15) is 10.3 Å². The average Bonchev–Trinajstić information content (AvgIpc) is 3.90. The molecule has 0 radical (unpaired) electrons. The molecular weight excluding hydrogens is 623 g/mol. The Morgan fingerprint density at radius 1 is 1.02 bits per heavy atom. The van der Waals surface area contributed by atoms with Crippen LogP contribution < -0.4 is 15.6 Å². The number of hydrogen-bond acceptors (Lipinski definition) is 9. The van der Waals surface area contributed by atoms with Gasteiger partial charge in [-0.25, -0.2) is 4.98 Å². The fraction of sp³-hybridized carbons (Fsp3) is 0.474. The number of morpholine rings is 1. The van der Waals surface area contributed by atoms with E-state index < -0.39 is 0 Å². The van der Waals surface area contributed by atoms with Crippen LogP contribution in [-0.2, 0) is 4.74 Å². The summed E-state index contributed by atoms with van der Waals surface area (Å²) in [7, 11) is 0. The van der Waals surface area contributed by atoms with E-state index in [1.807, 2.05) is 63.4 Å². The number of nitrogens with one attached hydrogen (secondary N) is 1. The summed E-state index contributed by atoms with van der Waals surface area (Å²) in [5, 5.41) is 6.18. The number of ether oxygens (including phenoxy) is 1. The molecule has 0 unspecified atom stereocenters. The number of thiophene rings is 1. The van der Waals surface area contributed by atoms with E-state index in [0.717, 1.165) is 53.5 Å². The van der Waals surface area contributed by atoms with Crippen LogP contribution in [0.5, 0.6) is 0 Å². The SMILES string of the molecule is CC.CC.CC(=O)c1cc2cnc(Nc3cccc(-c4csc5c(=O)cc(N6CCOCC6)oc45)c3)nc2n1C1CCCC1.CCCC. The molecule has 0 atom stereocenters. The molecule has 2 fully saturated rings. The second kappa shape index (κ2) is 17.9. The number of carbonyl (C=O) groups is 1. The van der Waals surface area contributed by atoms with Crippen LogP contribution in [0, 0.1) is 0 Å². The molecule has 1 saturated heterocycles. The van der Waals surface area contributed by atoms with Crippen molar-refractivity contribution < 1.29 is 13.9 Å². The van der Waals surface area contributed by atoms with Gasteiger partial charge in [0, 0.05) is 60.3 Å². The summed E-state index contributed by atoms with van der Waals surface area (Å²) < 4.78 is 14.5. The Hall–Kier alpha value is -4.02. The van der Waals surface area contributed by atoms with Crippen molar-refractivity contribution in [1.82, 2.24) is 14.5 Å². The Labute approximate surface area is 288 Å². The van der Waals surface area contributed by atoms with Gasteiger partial charge in [0.05, 0.1) is 18.9 Å². The number of aromatic nitrogens is 3. The lowest BCUT2D eigenvalue weighted by Gasteiger charge is -2.27. The predicted molar refractivity (Wildman–Crippen MR) is 200 cm³/mol. The highest BCUT2D eigenvalue weighted by atomic mass is 32.1. The molecule has 1 aliphatic heterocycles. The molecule has 48 heavy (non-hydrogen) atoms. The Kier molecular flexibility index (Phi) is 13.8. The molecule has 1 N–H and O–H groups in total. The highest BCUT2D eigenvalue weighted by molar-refractivity contribution is 7.17. The maximum Gasteiger partial charge on any atom is 0.229 e. The minimum atomic E-state index is -0.0369. The summed E-state index contributed by atoms with van der Waals surface area (Å²) in [5.74, 6) is 1.08. The molecule has 9 nitrogen and oxygen atoms in total. The number of ketones is 1. The minimum absolute atomic E-state index is 0.0369. The smallest absolute Gasteiger partial charge is 0.229 e. The van der Waals surface area contributed by atoms with Crippen molar-refractivity contribution >= 4 is 56.0 Å². The monoisotopic (exact) mass is 673 g/mol. The molecule has 4 aromatic heterocycles. The molecule has 1 aromatic carbocycles. The van der Waals surface area contributed by atoms with Crippen molar-refractivity contribution in [3.63, 3.8) is 0 Å². The van der Waals surface area contributed by atoms with Crippen LogP contribution in [0.2, 0.25) is 0 Å². The van der Waals surface area contributed by atoms with Crippen LogP contribution in [0.15, 0.2) is 57.2 Å². The van der Waals surface area contributed by atoms with Crippen LogP contribution >= 0.6 is 11.3 Å². The third kappa shape index (κ3) is 8.33. The van der Waals surface area contributed by atoms with Crippen molar-refractivity contribution in [3.05, 3.63) is 63.9 Å². The van der Waals surface area contributed by atoms with E-state index in [-0.39, 0.29) is 17.3 Å². The van der Waals surface area contributed by atoms with Crippen molar-refractivity contribution in [1.29, 1.82) is 0 Å². The van der Waals surface area contributed by atoms with E-state index >= 15 is 0 Å². The van der Waals surface area contributed by atoms with Crippen LogP contribution in [0.4, 0.5) is 17.5 Å². The molecule has 0 amide bonds. The lowest BCUT2D eigenvalue weighted by molar-refractivity contribution is 0.100. The molecule has 5 heterocycles. The van der Waals surface area contributed by atoms with Crippen LogP contribution in [-0.4, -0.2) is 46.6 Å². The van der Waals surface area contributed by atoms with Gasteiger partial charge in [-0.2, -0.15) is 4.98 Å². The number of unbranched alkanes of at least 4 members (excludes halogenated alkanes) is 1. The number of anilines is 3. The summed E-state index contributed by atoms with van der Waals surface area (Å²) in [6, 6.07) is 11.7. The van der Waals surface area contributed by atoms with Crippen LogP contribution in [0.1, 0.15) is 104 Å². The van der Waals surface area contributed by atoms with Gasteiger partial charge >= 0.3 is 0 Å². The average molecular weight is 674 g/mol. The number of carbonyl (C=O) groups excluding carboxylic acids is 1. The molecule has 1 saturated carbocycles. The van der Waals surface area contributed by atoms with Crippen LogP contribution in [0.3, 0.4) is 0 Å². The quantitative estimate of drug-likeness (QED) is 0.170. The fourth-order valence-corrected chi connectivity index (χ4v) is 6.75. The van der Waals surface area contributed by atoms with E-state index in [1.54, 1.807) is 19.2 Å².